The molecule has 7 rings (SSSR count). The molecule has 0 saturated carbocycles. The fourth-order valence-corrected chi connectivity index (χ4v) is 15.3. The van der Waals surface area contributed by atoms with Crippen molar-refractivity contribution < 1.29 is 106 Å². The summed E-state index contributed by atoms with van der Waals surface area (Å²) in [6, 6.07) is 0. The summed E-state index contributed by atoms with van der Waals surface area (Å²) >= 11 is 2.84. The van der Waals surface area contributed by atoms with E-state index in [4.69, 9.17) is 61.6 Å². The average molecular weight is 1380 g/mol. The van der Waals surface area contributed by atoms with Crippen LogP contribution < -0.4 is 14.2 Å². The van der Waals surface area contributed by atoms with Crippen molar-refractivity contribution in [2.45, 2.75) is 170 Å². The number of benzene rings is 1. The van der Waals surface area contributed by atoms with E-state index in [1.807, 2.05) is 28.8 Å². The lowest BCUT2D eigenvalue weighted by atomic mass is 9.72. The largest absolute Gasteiger partial charge is 0.492 e. The number of methoxy groups -OCH3 is 5. The number of Topliss-reactive ketones (excluding diaryl/α,β-unsaturated/α-hetero) is 2. The van der Waals surface area contributed by atoms with Gasteiger partial charge in [-0.25, -0.2) is 0 Å². The molecule has 2 bridgehead atoms. The van der Waals surface area contributed by atoms with E-state index < -0.39 is 139 Å². The van der Waals surface area contributed by atoms with Gasteiger partial charge in [0.25, 0.3) is 0 Å². The Morgan fingerprint density at radius 3 is 2.24 bits per heavy atom. The molecule has 0 radical (unpaired) electrons. The monoisotopic (exact) mass is 1380 g/mol. The highest BCUT2D eigenvalue weighted by atomic mass is 127. The van der Waals surface area contributed by atoms with E-state index >= 15 is 0 Å². The number of esters is 1. The van der Waals surface area contributed by atoms with Crippen LogP contribution in [0.1, 0.15) is 75.7 Å². The number of allylic oxidation sites excluding steroid dienone is 2. The highest BCUT2D eigenvalue weighted by Gasteiger charge is 2.52. The Kier molecular flexibility index (Phi) is 25.9. The molecule has 1 aromatic carbocycles. The topological polar surface area (TPSA) is 289 Å². The van der Waals surface area contributed by atoms with Crippen LogP contribution in [-0.2, 0) is 61.8 Å². The Bertz CT molecular complexity index is 2780. The van der Waals surface area contributed by atoms with Crippen LogP contribution in [-0.4, -0.2) is 212 Å². The lowest BCUT2D eigenvalue weighted by Crippen LogP contribution is -2.59. The highest BCUT2D eigenvalue weighted by molar-refractivity contribution is 14.1. The zero-order valence-electron chi connectivity index (χ0n) is 49.0. The van der Waals surface area contributed by atoms with Crippen LogP contribution in [0.4, 0.5) is 0 Å². The molecule has 6 aliphatic rings. The van der Waals surface area contributed by atoms with Gasteiger partial charge in [0, 0.05) is 67.8 Å². The molecule has 22 nitrogen and oxygen atoms in total. The van der Waals surface area contributed by atoms with Gasteiger partial charge < -0.3 is 91.9 Å². The molecular weight excluding hydrogens is 1300 g/mol. The van der Waals surface area contributed by atoms with Crippen molar-refractivity contribution in [3.05, 3.63) is 49.6 Å². The van der Waals surface area contributed by atoms with Gasteiger partial charge in [-0.3, -0.25) is 14.4 Å². The maximum absolute atomic E-state index is 14.5. The van der Waals surface area contributed by atoms with E-state index in [1.165, 1.54) is 86.0 Å². The third-order valence-electron chi connectivity index (χ3n) is 15.5. The number of fused-ring (bicyclic) bond motifs is 2. The number of hydrogen-bond acceptors (Lipinski definition) is 26. The molecule has 27 heteroatoms. The number of halogens is 1. The summed E-state index contributed by atoms with van der Waals surface area (Å²) in [6.45, 7) is 8.06. The molecule has 5 N–H and O–H groups in total. The molecular formula is C58H75IO22S4. The zero-order chi connectivity index (χ0) is 62.0. The maximum atomic E-state index is 14.5. The minimum Gasteiger partial charge on any atom is -0.492 e. The van der Waals surface area contributed by atoms with Gasteiger partial charge in [-0.15, -0.1) is 0 Å². The van der Waals surface area contributed by atoms with Crippen LogP contribution in [0.2, 0.25) is 0 Å². The molecule has 19 atom stereocenters. The molecule has 4 saturated heterocycles. The summed E-state index contributed by atoms with van der Waals surface area (Å²) in [6.07, 6.45) is -10.8. The Morgan fingerprint density at radius 2 is 1.58 bits per heavy atom. The van der Waals surface area contributed by atoms with E-state index in [0.717, 1.165) is 11.8 Å². The van der Waals surface area contributed by atoms with Gasteiger partial charge in [0.05, 0.1) is 98.4 Å². The molecule has 0 amide bonds. The quantitative estimate of drug-likeness (QED) is 0.0323. The number of aliphatic hydroxyl groups excluding tert-OH is 4. The van der Waals surface area contributed by atoms with Gasteiger partial charge in [-0.1, -0.05) is 63.1 Å². The second-order valence-corrected chi connectivity index (χ2v) is 27.7. The van der Waals surface area contributed by atoms with Crippen molar-refractivity contribution >= 4 is 88.4 Å². The molecule has 470 valence electrons. The first-order valence-electron chi connectivity index (χ1n) is 27.4. The minimum absolute atomic E-state index is 0.00966. The molecule has 2 aliphatic carbocycles. The number of aliphatic hydroxyl groups is 5. The van der Waals surface area contributed by atoms with Crippen molar-refractivity contribution in [1.29, 1.82) is 0 Å². The van der Waals surface area contributed by atoms with Gasteiger partial charge in [0.15, 0.2) is 41.8 Å². The number of hydrogen-bond donors (Lipinski definition) is 5. The smallest absolute Gasteiger partial charge is 0.310 e. The third kappa shape index (κ3) is 16.3. The third-order valence-corrected chi connectivity index (χ3v) is 21.9. The van der Waals surface area contributed by atoms with Crippen LogP contribution in [0.25, 0.3) is 0 Å². The Morgan fingerprint density at radius 1 is 0.859 bits per heavy atom. The number of rotatable bonds is 23. The van der Waals surface area contributed by atoms with Gasteiger partial charge in [-0.2, -0.15) is 0 Å². The number of carbonyl (C=O) groups excluding carboxylic acids is 4. The fraction of sp³-hybridized carbons (Fsp3) is 0.655. The number of carbonyl (C=O) groups is 4. The van der Waals surface area contributed by atoms with Crippen LogP contribution >= 0.6 is 65.8 Å². The summed E-state index contributed by atoms with van der Waals surface area (Å²) < 4.78 is 79.2. The van der Waals surface area contributed by atoms with Crippen LogP contribution in [0.15, 0.2) is 34.9 Å². The van der Waals surface area contributed by atoms with E-state index in [9.17, 15) is 44.7 Å². The van der Waals surface area contributed by atoms with Crippen LogP contribution in [0, 0.1) is 46.0 Å². The van der Waals surface area contributed by atoms with Crippen molar-refractivity contribution in [3.8, 4) is 40.9 Å². The summed E-state index contributed by atoms with van der Waals surface area (Å²) in [5, 5.41) is 57.0. The highest BCUT2D eigenvalue weighted by Crippen LogP contribution is 2.49. The van der Waals surface area contributed by atoms with Crippen molar-refractivity contribution in [2.24, 2.45) is 11.8 Å². The average Bonchev–Trinajstić information content (AvgIpc) is 1.96. The standard InChI is InChI=1S/C58H75IO22S4/c1-27(60)20-32-25-74-42(23-39(32)69-6)80-52-47(65)34(29(3)77-57(52)79-38-16-14-12-13-15-18-58(68)24-37(62)33(21-40(63)70-7)44(38)35(58)17-19-83-85-82-11)26-75-41-22-36(61)54(31(5)76-41)84-55(67)43-28(2)45(59)50(53(73-10)49(43)71-8)81-56-48(66)51(72-9)46(64)30(4)78-56/h12-13,17,29-32,34,36,38-39,41-42,46-48,51-52,54,56-57,61,64-66,68H,19-26H2,1-11H3/b13-12-,35-17+/t29?,30?,31?,32?,34?,36?,38-,39?,41?,42?,46?,47?,48?,51?,52?,54?,56?,57?,58-/m0/s1. The predicted octanol–water partition coefficient (Wildman–Crippen LogP) is 4.81. The first kappa shape index (κ1) is 69.5. The van der Waals surface area contributed by atoms with E-state index in [-0.39, 0.29) is 83.7 Å². The van der Waals surface area contributed by atoms with E-state index in [2.05, 4.69) is 23.7 Å². The van der Waals surface area contributed by atoms with Gasteiger partial charge in [0.1, 0.15) is 36.3 Å². The first-order chi connectivity index (χ1) is 40.5. The molecule has 4 aliphatic heterocycles. The van der Waals surface area contributed by atoms with Gasteiger partial charge in [0.2, 0.25) is 17.2 Å². The molecule has 4 fully saturated rings. The second kappa shape index (κ2) is 31.6. The molecule has 1 aromatic rings. The maximum Gasteiger partial charge on any atom is 0.310 e. The van der Waals surface area contributed by atoms with E-state index in [0.29, 0.717) is 14.9 Å². The molecule has 0 spiro atoms. The molecule has 85 heavy (non-hydrogen) atoms. The number of ether oxygens (including phenoxy) is 13. The second-order valence-electron chi connectivity index (χ2n) is 21.0. The fourth-order valence-electron chi connectivity index (χ4n) is 11.1. The van der Waals surface area contributed by atoms with Crippen LogP contribution in [0.3, 0.4) is 0 Å². The summed E-state index contributed by atoms with van der Waals surface area (Å²) in [7, 11) is 11.3. The molecule has 4 heterocycles. The minimum atomic E-state index is -2.02. The van der Waals surface area contributed by atoms with Gasteiger partial charge >= 0.3 is 5.97 Å². The Labute approximate surface area is 524 Å². The van der Waals surface area contributed by atoms with E-state index in [1.54, 1.807) is 33.8 Å². The van der Waals surface area contributed by atoms with Crippen LogP contribution in [0.5, 0.6) is 17.2 Å². The Hall–Kier alpha value is -2.99. The molecule has 0 aromatic heterocycles. The van der Waals surface area contributed by atoms with Crippen molar-refractivity contribution in [1.82, 2.24) is 0 Å². The SMILES string of the molecule is COC(=O)CC1=C2/C(=C\CSSSC)[C@](O)(C#C/C=C\C#C[C@@H]2OC2OC(C)C(COC3CC(O)C(SC(=O)c4c(C)c(I)c(OC5OC(C)C(O)C(OC)C5O)c(OC)c4OC)C(C)O3)C(O)C2OC2CC(OC)C(CC(C)=O)CO2)CC1=O. The van der Waals surface area contributed by atoms with Crippen molar-refractivity contribution in [3.63, 3.8) is 0 Å². The number of ketones is 2. The normalized spacial score (nSPS) is 35.6. The zero-order valence-corrected chi connectivity index (χ0v) is 54.4. The van der Waals surface area contributed by atoms with Crippen molar-refractivity contribution in [2.75, 3.05) is 60.8 Å². The predicted molar refractivity (Wildman–Crippen MR) is 323 cm³/mol. The first-order valence-corrected chi connectivity index (χ1v) is 33.4. The Balaban J connectivity index is 1.12. The lowest BCUT2D eigenvalue weighted by Gasteiger charge is -2.46. The van der Waals surface area contributed by atoms with Gasteiger partial charge in [-0.05, 0) is 91.0 Å². The summed E-state index contributed by atoms with van der Waals surface area (Å²) in [5.41, 5.74) is -1.16. The lowest BCUT2D eigenvalue weighted by molar-refractivity contribution is -0.339. The summed E-state index contributed by atoms with van der Waals surface area (Å²) in [5.74, 6) is 9.61. The summed E-state index contributed by atoms with van der Waals surface area (Å²) in [4.78, 5) is 53.9. The molecule has 17 unspecified atom stereocenters. The number of thioether (sulfide) groups is 1.